The number of carbonyl (C=O) groups is 1. The first-order valence-electron chi connectivity index (χ1n) is 11.2. The molecule has 3 aromatic rings. The molecule has 0 saturated heterocycles. The Bertz CT molecular complexity index is 1190. The zero-order valence-electron chi connectivity index (χ0n) is 19.0. The summed E-state index contributed by atoms with van der Waals surface area (Å²) in [5.74, 6) is -0.780. The number of fused-ring (bicyclic) bond motifs is 3. The smallest absolute Gasteiger partial charge is 0.449 e. The van der Waals surface area contributed by atoms with E-state index in [2.05, 4.69) is 10.1 Å². The van der Waals surface area contributed by atoms with Crippen LogP contribution < -0.4 is 15.8 Å². The molecule has 0 heterocycles. The average Bonchev–Trinajstić information content (AvgIpc) is 3.16. The zero-order valence-corrected chi connectivity index (χ0v) is 19.0. The Kier molecular flexibility index (Phi) is 7.37. The predicted molar refractivity (Wildman–Crippen MR) is 126 cm³/mol. The van der Waals surface area contributed by atoms with Crippen LogP contribution in [-0.4, -0.2) is 41.9 Å². The Morgan fingerprint density at radius 2 is 1.61 bits per heavy atom. The number of alkyl halides is 3. The lowest BCUT2D eigenvalue weighted by Gasteiger charge is -2.20. The number of alkyl carbamates (subject to hydrolysis) is 1. The van der Waals surface area contributed by atoms with E-state index >= 15 is 0 Å². The lowest BCUT2D eigenvalue weighted by Crippen LogP contribution is -2.30. The summed E-state index contributed by atoms with van der Waals surface area (Å²) < 4.78 is 46.8. The SMILES string of the molecule is Nc1ccc(C(O)C(O)CCNC(=O)OCC2c3ccccc3-c3ccccc32)cc1OC(F)(F)F. The first-order valence-corrected chi connectivity index (χ1v) is 11.2. The molecule has 10 heteroatoms. The van der Waals surface area contributed by atoms with Gasteiger partial charge in [0.1, 0.15) is 12.7 Å². The maximum absolute atomic E-state index is 12.5. The van der Waals surface area contributed by atoms with Crippen LogP contribution in [0.5, 0.6) is 5.75 Å². The molecule has 0 aliphatic heterocycles. The molecule has 0 spiro atoms. The van der Waals surface area contributed by atoms with Gasteiger partial charge >= 0.3 is 12.5 Å². The van der Waals surface area contributed by atoms with Crippen molar-refractivity contribution in [3.63, 3.8) is 0 Å². The molecule has 7 nitrogen and oxygen atoms in total. The van der Waals surface area contributed by atoms with E-state index < -0.39 is 30.4 Å². The fourth-order valence-corrected chi connectivity index (χ4v) is 4.30. The second kappa shape index (κ2) is 10.5. The summed E-state index contributed by atoms with van der Waals surface area (Å²) in [5, 5.41) is 23.1. The normalized spacial score (nSPS) is 14.5. The molecule has 2 unspecified atom stereocenters. The third-order valence-electron chi connectivity index (χ3n) is 6.02. The Balaban J connectivity index is 1.28. The molecule has 1 aliphatic carbocycles. The van der Waals surface area contributed by atoms with Gasteiger partial charge in [0, 0.05) is 12.5 Å². The molecule has 0 radical (unpaired) electrons. The molecule has 0 fully saturated rings. The number of benzene rings is 3. The van der Waals surface area contributed by atoms with Crippen LogP contribution in [0.3, 0.4) is 0 Å². The van der Waals surface area contributed by atoms with Gasteiger partial charge in [-0.15, -0.1) is 13.2 Å². The van der Waals surface area contributed by atoms with Crippen LogP contribution in [0.15, 0.2) is 66.7 Å². The summed E-state index contributed by atoms with van der Waals surface area (Å²) in [4.78, 5) is 12.2. The van der Waals surface area contributed by atoms with E-state index in [0.717, 1.165) is 34.4 Å². The molecule has 0 bridgehead atoms. The number of nitrogen functional groups attached to an aromatic ring is 1. The fourth-order valence-electron chi connectivity index (χ4n) is 4.30. The van der Waals surface area contributed by atoms with Crippen LogP contribution in [-0.2, 0) is 4.74 Å². The van der Waals surface area contributed by atoms with Crippen LogP contribution in [0.2, 0.25) is 0 Å². The lowest BCUT2D eigenvalue weighted by molar-refractivity contribution is -0.274. The molecule has 0 saturated carbocycles. The summed E-state index contributed by atoms with van der Waals surface area (Å²) in [6.07, 6.45) is -8.62. The Hall–Kier alpha value is -3.76. The molecule has 1 amide bonds. The van der Waals surface area contributed by atoms with Crippen molar-refractivity contribution in [1.29, 1.82) is 0 Å². The van der Waals surface area contributed by atoms with E-state index in [1.54, 1.807) is 0 Å². The summed E-state index contributed by atoms with van der Waals surface area (Å²) in [7, 11) is 0. The van der Waals surface area contributed by atoms with Gasteiger partial charge in [-0.2, -0.15) is 0 Å². The highest BCUT2D eigenvalue weighted by Gasteiger charge is 2.33. The molecule has 2 atom stereocenters. The highest BCUT2D eigenvalue weighted by Crippen LogP contribution is 2.44. The van der Waals surface area contributed by atoms with Crippen molar-refractivity contribution in [3.05, 3.63) is 83.4 Å². The zero-order chi connectivity index (χ0) is 25.9. The van der Waals surface area contributed by atoms with Crippen molar-refractivity contribution in [2.24, 2.45) is 0 Å². The first-order chi connectivity index (χ1) is 17.1. The van der Waals surface area contributed by atoms with E-state index in [9.17, 15) is 28.2 Å². The van der Waals surface area contributed by atoms with Crippen LogP contribution in [0.1, 0.15) is 35.1 Å². The molecular formula is C26H25F3N2O5. The van der Waals surface area contributed by atoms with Crippen LogP contribution >= 0.6 is 0 Å². The van der Waals surface area contributed by atoms with Gasteiger partial charge in [-0.25, -0.2) is 4.79 Å². The van der Waals surface area contributed by atoms with Gasteiger partial charge in [0.15, 0.2) is 5.75 Å². The van der Waals surface area contributed by atoms with Crippen molar-refractivity contribution in [2.75, 3.05) is 18.9 Å². The number of nitrogens with two attached hydrogens (primary N) is 1. The second-order valence-electron chi connectivity index (χ2n) is 8.40. The number of amides is 1. The highest BCUT2D eigenvalue weighted by atomic mass is 19.4. The molecule has 36 heavy (non-hydrogen) atoms. The molecule has 0 aromatic heterocycles. The molecular weight excluding hydrogens is 477 g/mol. The number of ether oxygens (including phenoxy) is 2. The van der Waals surface area contributed by atoms with Crippen LogP contribution in [0.25, 0.3) is 11.1 Å². The van der Waals surface area contributed by atoms with Crippen molar-refractivity contribution in [2.45, 2.75) is 30.9 Å². The number of aliphatic hydroxyl groups is 2. The maximum Gasteiger partial charge on any atom is 0.573 e. The van der Waals surface area contributed by atoms with Gasteiger partial charge in [-0.1, -0.05) is 54.6 Å². The minimum Gasteiger partial charge on any atom is -0.449 e. The van der Waals surface area contributed by atoms with Gasteiger partial charge in [0.25, 0.3) is 0 Å². The second-order valence-corrected chi connectivity index (χ2v) is 8.40. The van der Waals surface area contributed by atoms with E-state index in [1.165, 1.54) is 6.07 Å². The highest BCUT2D eigenvalue weighted by molar-refractivity contribution is 5.79. The summed E-state index contributed by atoms with van der Waals surface area (Å²) in [6, 6.07) is 19.2. The fraction of sp³-hybridized carbons (Fsp3) is 0.269. The van der Waals surface area contributed by atoms with Gasteiger partial charge < -0.3 is 30.7 Å². The average molecular weight is 502 g/mol. The number of hydrogen-bond acceptors (Lipinski definition) is 6. The number of hydrogen-bond donors (Lipinski definition) is 4. The van der Waals surface area contributed by atoms with Crippen molar-refractivity contribution >= 4 is 11.8 Å². The molecule has 1 aliphatic rings. The number of aliphatic hydroxyl groups excluding tert-OH is 2. The molecule has 190 valence electrons. The van der Waals surface area contributed by atoms with E-state index in [1.807, 2.05) is 48.5 Å². The largest absolute Gasteiger partial charge is 0.573 e. The predicted octanol–water partition coefficient (Wildman–Crippen LogP) is 4.49. The monoisotopic (exact) mass is 502 g/mol. The number of halogens is 3. The van der Waals surface area contributed by atoms with Crippen LogP contribution in [0.4, 0.5) is 23.7 Å². The molecule has 3 aromatic carbocycles. The van der Waals surface area contributed by atoms with E-state index in [4.69, 9.17) is 10.5 Å². The van der Waals surface area contributed by atoms with Gasteiger partial charge in [0.2, 0.25) is 0 Å². The number of rotatable bonds is 8. The Labute approximate surface area is 205 Å². The lowest BCUT2D eigenvalue weighted by atomic mass is 9.98. The first kappa shape index (κ1) is 25.3. The van der Waals surface area contributed by atoms with Gasteiger partial charge in [-0.3, -0.25) is 0 Å². The Morgan fingerprint density at radius 3 is 2.22 bits per heavy atom. The van der Waals surface area contributed by atoms with E-state index in [0.29, 0.717) is 0 Å². The van der Waals surface area contributed by atoms with Crippen molar-refractivity contribution < 1.29 is 37.7 Å². The third kappa shape index (κ3) is 5.72. The number of nitrogens with one attached hydrogen (secondary N) is 1. The quantitative estimate of drug-likeness (QED) is 0.338. The Morgan fingerprint density at radius 1 is 1.00 bits per heavy atom. The van der Waals surface area contributed by atoms with Crippen molar-refractivity contribution in [3.8, 4) is 16.9 Å². The van der Waals surface area contributed by atoms with E-state index in [-0.39, 0.29) is 36.7 Å². The summed E-state index contributed by atoms with van der Waals surface area (Å²) in [6.45, 7) is 0.0915. The molecule has 4 rings (SSSR count). The summed E-state index contributed by atoms with van der Waals surface area (Å²) >= 11 is 0. The van der Waals surface area contributed by atoms with Crippen molar-refractivity contribution in [1.82, 2.24) is 5.32 Å². The summed E-state index contributed by atoms with van der Waals surface area (Å²) in [5.41, 5.74) is 9.55. The maximum atomic E-state index is 12.5. The minimum absolute atomic E-state index is 0.0166. The van der Waals surface area contributed by atoms with Gasteiger partial charge in [0.05, 0.1) is 11.8 Å². The third-order valence-corrected chi connectivity index (χ3v) is 6.02. The number of anilines is 1. The topological polar surface area (TPSA) is 114 Å². The van der Waals surface area contributed by atoms with Gasteiger partial charge in [-0.05, 0) is 46.4 Å². The minimum atomic E-state index is -4.96. The van der Waals surface area contributed by atoms with Crippen LogP contribution in [0, 0.1) is 0 Å². The number of carbonyl (C=O) groups excluding carboxylic acids is 1. The standard InChI is InChI=1S/C26H25F3N2O5/c27-26(28,29)36-23-13-15(9-10-21(23)30)24(33)22(32)11-12-31-25(34)35-14-20-18-7-3-1-5-16(18)17-6-2-4-8-19(17)20/h1-10,13,20,22,24,32-33H,11-12,14,30H2,(H,31,34). The molecule has 5 N–H and O–H groups in total.